The smallest absolute Gasteiger partial charge is 0.399 e. The van der Waals surface area contributed by atoms with Crippen molar-refractivity contribution in [2.45, 2.75) is 38.9 Å². The Bertz CT molecular complexity index is 575. The summed E-state index contributed by atoms with van der Waals surface area (Å²) in [5.74, 6) is 0. The molecular formula is C13H17BN2O2. The highest BCUT2D eigenvalue weighted by Crippen LogP contribution is 2.36. The highest BCUT2D eigenvalue weighted by molar-refractivity contribution is 6.65. The van der Waals surface area contributed by atoms with Gasteiger partial charge in [-0.15, -0.1) is 0 Å². The number of rotatable bonds is 1. The molecule has 2 aromatic heterocycles. The van der Waals surface area contributed by atoms with Crippen LogP contribution in [0.3, 0.4) is 0 Å². The van der Waals surface area contributed by atoms with E-state index in [4.69, 9.17) is 9.31 Å². The van der Waals surface area contributed by atoms with Crippen LogP contribution < -0.4 is 5.46 Å². The van der Waals surface area contributed by atoms with Gasteiger partial charge in [-0.2, -0.15) is 0 Å². The molecule has 0 unspecified atom stereocenters. The van der Waals surface area contributed by atoms with Crippen LogP contribution in [-0.4, -0.2) is 28.3 Å². The summed E-state index contributed by atoms with van der Waals surface area (Å²) in [6.45, 7) is 8.24. The topological polar surface area (TPSA) is 47.1 Å². The summed E-state index contributed by atoms with van der Waals surface area (Å²) in [6.07, 6.45) is 5.53. The van der Waals surface area contributed by atoms with E-state index in [2.05, 4.69) is 37.7 Å². The van der Waals surface area contributed by atoms with Crippen LogP contribution in [0.2, 0.25) is 0 Å². The van der Waals surface area contributed by atoms with Crippen molar-refractivity contribution in [1.29, 1.82) is 0 Å². The second-order valence-electron chi connectivity index (χ2n) is 5.75. The molecule has 1 saturated heterocycles. The standard InChI is InChI=1S/C13H17BN2O2/c1-12(2)13(3,4)18-14(17-12)10-7-16-11-8-15-6-5-9(10)11/h5-8,16H,1-4H3. The van der Waals surface area contributed by atoms with Gasteiger partial charge in [-0.3, -0.25) is 4.98 Å². The van der Waals surface area contributed by atoms with Gasteiger partial charge < -0.3 is 14.3 Å². The van der Waals surface area contributed by atoms with Crippen molar-refractivity contribution in [3.8, 4) is 0 Å². The average molecular weight is 244 g/mol. The summed E-state index contributed by atoms with van der Waals surface area (Å²) >= 11 is 0. The van der Waals surface area contributed by atoms with Gasteiger partial charge in [-0.1, -0.05) is 0 Å². The molecule has 4 nitrogen and oxygen atoms in total. The quantitative estimate of drug-likeness (QED) is 0.779. The van der Waals surface area contributed by atoms with Crippen molar-refractivity contribution >= 4 is 23.5 Å². The first-order valence-electron chi connectivity index (χ1n) is 6.17. The van der Waals surface area contributed by atoms with Crippen LogP contribution in [0, 0.1) is 0 Å². The molecule has 0 saturated carbocycles. The van der Waals surface area contributed by atoms with Gasteiger partial charge in [-0.25, -0.2) is 0 Å². The second-order valence-corrected chi connectivity index (χ2v) is 5.75. The first kappa shape index (κ1) is 11.7. The molecule has 3 rings (SSSR count). The molecule has 0 spiro atoms. The molecule has 1 aliphatic heterocycles. The van der Waals surface area contributed by atoms with E-state index in [0.29, 0.717) is 0 Å². The average Bonchev–Trinajstić information content (AvgIpc) is 2.78. The van der Waals surface area contributed by atoms with Crippen molar-refractivity contribution in [3.05, 3.63) is 24.7 Å². The summed E-state index contributed by atoms with van der Waals surface area (Å²) < 4.78 is 12.1. The maximum atomic E-state index is 6.05. The van der Waals surface area contributed by atoms with Crippen LogP contribution in [0.5, 0.6) is 0 Å². The van der Waals surface area contributed by atoms with Crippen molar-refractivity contribution in [3.63, 3.8) is 0 Å². The van der Waals surface area contributed by atoms with E-state index in [9.17, 15) is 0 Å². The van der Waals surface area contributed by atoms with E-state index < -0.39 is 0 Å². The molecule has 3 heterocycles. The van der Waals surface area contributed by atoms with Gasteiger partial charge in [-0.05, 0) is 33.8 Å². The molecule has 1 aliphatic rings. The van der Waals surface area contributed by atoms with Crippen LogP contribution in [-0.2, 0) is 9.31 Å². The molecule has 5 heteroatoms. The molecule has 0 amide bonds. The largest absolute Gasteiger partial charge is 0.497 e. The van der Waals surface area contributed by atoms with E-state index in [-0.39, 0.29) is 18.3 Å². The van der Waals surface area contributed by atoms with Gasteiger partial charge in [0.1, 0.15) is 0 Å². The third-order valence-corrected chi connectivity index (χ3v) is 4.02. The molecule has 0 bridgehead atoms. The monoisotopic (exact) mass is 244 g/mol. The van der Waals surface area contributed by atoms with E-state index in [0.717, 1.165) is 16.4 Å². The lowest BCUT2D eigenvalue weighted by Gasteiger charge is -2.32. The van der Waals surface area contributed by atoms with Gasteiger partial charge in [0.15, 0.2) is 0 Å². The van der Waals surface area contributed by atoms with Crippen LogP contribution in [0.4, 0.5) is 0 Å². The van der Waals surface area contributed by atoms with Gasteiger partial charge in [0.2, 0.25) is 0 Å². The predicted octanol–water partition coefficient (Wildman–Crippen LogP) is 1.86. The number of H-pyrrole nitrogens is 1. The van der Waals surface area contributed by atoms with Crippen molar-refractivity contribution < 1.29 is 9.31 Å². The Morgan fingerprint density at radius 2 is 1.83 bits per heavy atom. The van der Waals surface area contributed by atoms with E-state index in [1.165, 1.54) is 0 Å². The molecule has 94 valence electrons. The zero-order chi connectivity index (χ0) is 13.0. The zero-order valence-electron chi connectivity index (χ0n) is 11.2. The molecule has 18 heavy (non-hydrogen) atoms. The fraction of sp³-hybridized carbons (Fsp3) is 0.462. The van der Waals surface area contributed by atoms with E-state index in [1.54, 1.807) is 6.20 Å². The Labute approximate surface area is 107 Å². The van der Waals surface area contributed by atoms with Gasteiger partial charge in [0.05, 0.1) is 22.9 Å². The normalized spacial score (nSPS) is 21.7. The fourth-order valence-corrected chi connectivity index (χ4v) is 2.16. The lowest BCUT2D eigenvalue weighted by atomic mass is 9.79. The molecule has 2 aromatic rings. The van der Waals surface area contributed by atoms with E-state index in [1.807, 2.05) is 18.5 Å². The van der Waals surface area contributed by atoms with Crippen LogP contribution >= 0.6 is 0 Å². The maximum absolute atomic E-state index is 6.05. The number of hydrogen-bond acceptors (Lipinski definition) is 3. The minimum absolute atomic E-state index is 0.311. The molecule has 1 fully saturated rings. The van der Waals surface area contributed by atoms with Crippen molar-refractivity contribution in [2.24, 2.45) is 0 Å². The predicted molar refractivity (Wildman–Crippen MR) is 71.8 cm³/mol. The van der Waals surface area contributed by atoms with Crippen molar-refractivity contribution in [2.75, 3.05) is 0 Å². The first-order chi connectivity index (χ1) is 8.41. The number of pyridine rings is 1. The molecule has 0 aliphatic carbocycles. The summed E-state index contributed by atoms with van der Waals surface area (Å²) in [5.41, 5.74) is 1.41. The minimum atomic E-state index is -0.328. The van der Waals surface area contributed by atoms with Crippen LogP contribution in [0.25, 0.3) is 10.9 Å². The number of hydrogen-bond donors (Lipinski definition) is 1. The number of nitrogens with one attached hydrogen (secondary N) is 1. The fourth-order valence-electron chi connectivity index (χ4n) is 2.16. The molecule has 0 atom stereocenters. The number of nitrogens with zero attached hydrogens (tertiary/aromatic N) is 1. The Morgan fingerprint density at radius 3 is 2.50 bits per heavy atom. The van der Waals surface area contributed by atoms with Gasteiger partial charge in [0.25, 0.3) is 0 Å². The van der Waals surface area contributed by atoms with Crippen LogP contribution in [0.15, 0.2) is 24.7 Å². The minimum Gasteiger partial charge on any atom is -0.399 e. The highest BCUT2D eigenvalue weighted by Gasteiger charge is 2.52. The Hall–Kier alpha value is -1.33. The van der Waals surface area contributed by atoms with Crippen molar-refractivity contribution in [1.82, 2.24) is 9.97 Å². The van der Waals surface area contributed by atoms with E-state index >= 15 is 0 Å². The second kappa shape index (κ2) is 3.59. The lowest BCUT2D eigenvalue weighted by molar-refractivity contribution is 0.00578. The zero-order valence-corrected chi connectivity index (χ0v) is 11.2. The van der Waals surface area contributed by atoms with Gasteiger partial charge in [0, 0.05) is 23.2 Å². The third-order valence-electron chi connectivity index (χ3n) is 4.02. The summed E-state index contributed by atoms with van der Waals surface area (Å²) in [4.78, 5) is 7.29. The maximum Gasteiger partial charge on any atom is 0.497 e. The molecule has 0 aromatic carbocycles. The number of fused-ring (bicyclic) bond motifs is 1. The highest BCUT2D eigenvalue weighted by atomic mass is 16.7. The molecule has 1 N–H and O–H groups in total. The Balaban J connectivity index is 2.03. The number of aromatic amines is 1. The first-order valence-corrected chi connectivity index (χ1v) is 6.17. The molecule has 0 radical (unpaired) electrons. The summed E-state index contributed by atoms with van der Waals surface area (Å²) in [7, 11) is -0.328. The van der Waals surface area contributed by atoms with Gasteiger partial charge >= 0.3 is 7.12 Å². The Kier molecular flexibility index (Phi) is 2.34. The molecular weight excluding hydrogens is 227 g/mol. The van der Waals surface area contributed by atoms with Crippen LogP contribution in [0.1, 0.15) is 27.7 Å². The summed E-state index contributed by atoms with van der Waals surface area (Å²) in [5, 5.41) is 1.10. The SMILES string of the molecule is CC1(C)OB(c2c[nH]c3cnccc23)OC1(C)C. The number of aromatic nitrogens is 2. The Morgan fingerprint density at radius 1 is 1.17 bits per heavy atom. The summed E-state index contributed by atoms with van der Waals surface area (Å²) in [6, 6.07) is 1.98. The third kappa shape index (κ3) is 1.58. The lowest BCUT2D eigenvalue weighted by Crippen LogP contribution is -2.41.